The summed E-state index contributed by atoms with van der Waals surface area (Å²) in [5, 5.41) is 13.9. The van der Waals surface area contributed by atoms with E-state index in [1.165, 1.54) is 14.2 Å². The Balaban J connectivity index is 2.12. The number of ether oxygens (including phenoxy) is 3. The van der Waals surface area contributed by atoms with E-state index < -0.39 is 29.1 Å². The number of nitro benzene ring substituents is 1. The molecule has 2 rings (SSSR count). The fraction of sp³-hybridized carbons (Fsp3) is 0.263. The zero-order valence-electron chi connectivity index (χ0n) is 15.9. The fourth-order valence-corrected chi connectivity index (χ4v) is 2.41. The number of aryl methyl sites for hydroxylation is 2. The Morgan fingerprint density at radius 3 is 2.25 bits per heavy atom. The molecule has 0 bridgehead atoms. The van der Waals surface area contributed by atoms with Crippen molar-refractivity contribution in [3.63, 3.8) is 0 Å². The van der Waals surface area contributed by atoms with Gasteiger partial charge < -0.3 is 19.5 Å². The maximum absolute atomic E-state index is 12.3. The molecule has 0 radical (unpaired) electrons. The highest BCUT2D eigenvalue weighted by molar-refractivity contribution is 5.98. The molecule has 9 nitrogen and oxygen atoms in total. The van der Waals surface area contributed by atoms with Gasteiger partial charge in [-0.25, -0.2) is 4.79 Å². The first-order valence-corrected chi connectivity index (χ1v) is 8.21. The minimum absolute atomic E-state index is 0.0956. The maximum Gasteiger partial charge on any atom is 0.345 e. The number of anilines is 1. The summed E-state index contributed by atoms with van der Waals surface area (Å²) in [7, 11) is 2.65. The van der Waals surface area contributed by atoms with Crippen LogP contribution in [0.15, 0.2) is 30.3 Å². The number of amides is 1. The van der Waals surface area contributed by atoms with Gasteiger partial charge in [0.25, 0.3) is 11.6 Å². The summed E-state index contributed by atoms with van der Waals surface area (Å²) >= 11 is 0. The van der Waals surface area contributed by atoms with Crippen LogP contribution in [0.1, 0.15) is 21.5 Å². The lowest BCUT2D eigenvalue weighted by Crippen LogP contribution is -2.21. The number of nitrogens with zero attached hydrogens (tertiary/aromatic N) is 1. The van der Waals surface area contributed by atoms with Gasteiger partial charge in [0, 0.05) is 11.8 Å². The number of nitro groups is 1. The summed E-state index contributed by atoms with van der Waals surface area (Å²) in [5.41, 5.74) is 1.76. The van der Waals surface area contributed by atoms with Crippen LogP contribution in [0.3, 0.4) is 0 Å². The standard InChI is InChI=1S/C19H20N2O7/c1-11-5-6-13(7-12(11)2)20-18(22)10-28-19(23)14-8-16(26-3)17(27-4)9-15(14)21(24)25/h5-9H,10H2,1-4H3,(H,20,22). The zero-order chi connectivity index (χ0) is 20.8. The van der Waals surface area contributed by atoms with Crippen molar-refractivity contribution in [3.8, 4) is 11.5 Å². The molecule has 148 valence electrons. The second-order valence-corrected chi connectivity index (χ2v) is 5.90. The third-order valence-electron chi connectivity index (χ3n) is 4.04. The SMILES string of the molecule is COc1cc(C(=O)OCC(=O)Nc2ccc(C)c(C)c2)c([N+](=O)[O-])cc1OC. The van der Waals surface area contributed by atoms with Crippen LogP contribution in [0.4, 0.5) is 11.4 Å². The molecule has 9 heteroatoms. The predicted molar refractivity (Wildman–Crippen MR) is 101 cm³/mol. The summed E-state index contributed by atoms with van der Waals surface area (Å²) in [6.07, 6.45) is 0. The Hall–Kier alpha value is -3.62. The third kappa shape index (κ3) is 4.76. The average molecular weight is 388 g/mol. The quantitative estimate of drug-likeness (QED) is 0.440. The first-order chi connectivity index (χ1) is 13.3. The van der Waals surface area contributed by atoms with Crippen molar-refractivity contribution in [3.05, 3.63) is 57.1 Å². The number of esters is 1. The van der Waals surface area contributed by atoms with E-state index >= 15 is 0 Å². The normalized spacial score (nSPS) is 10.1. The summed E-state index contributed by atoms with van der Waals surface area (Å²) < 4.78 is 15.0. The van der Waals surface area contributed by atoms with Gasteiger partial charge in [-0.15, -0.1) is 0 Å². The summed E-state index contributed by atoms with van der Waals surface area (Å²) in [6, 6.07) is 7.56. The first-order valence-electron chi connectivity index (χ1n) is 8.21. The number of methoxy groups -OCH3 is 2. The van der Waals surface area contributed by atoms with Crippen LogP contribution in [0.2, 0.25) is 0 Å². The number of carbonyl (C=O) groups excluding carboxylic acids is 2. The van der Waals surface area contributed by atoms with Crippen LogP contribution in [0.5, 0.6) is 11.5 Å². The van der Waals surface area contributed by atoms with Crippen LogP contribution in [-0.2, 0) is 9.53 Å². The minimum atomic E-state index is -1.03. The minimum Gasteiger partial charge on any atom is -0.493 e. The van der Waals surface area contributed by atoms with Crippen molar-refractivity contribution in [1.82, 2.24) is 0 Å². The number of nitrogens with one attached hydrogen (secondary N) is 1. The summed E-state index contributed by atoms with van der Waals surface area (Å²) in [6.45, 7) is 3.25. The van der Waals surface area contributed by atoms with E-state index in [-0.39, 0.29) is 17.1 Å². The van der Waals surface area contributed by atoms with Crippen LogP contribution in [0, 0.1) is 24.0 Å². The van der Waals surface area contributed by atoms with E-state index in [4.69, 9.17) is 14.2 Å². The van der Waals surface area contributed by atoms with Crippen molar-refractivity contribution in [2.24, 2.45) is 0 Å². The van der Waals surface area contributed by atoms with Crippen LogP contribution in [-0.4, -0.2) is 37.6 Å². The second-order valence-electron chi connectivity index (χ2n) is 5.90. The largest absolute Gasteiger partial charge is 0.493 e. The number of hydrogen-bond acceptors (Lipinski definition) is 7. The van der Waals surface area contributed by atoms with Crippen LogP contribution < -0.4 is 14.8 Å². The van der Waals surface area contributed by atoms with Crippen LogP contribution in [0.25, 0.3) is 0 Å². The molecule has 0 fully saturated rings. The molecule has 2 aromatic carbocycles. The van der Waals surface area contributed by atoms with E-state index in [9.17, 15) is 19.7 Å². The molecule has 0 aliphatic heterocycles. The van der Waals surface area contributed by atoms with Crippen molar-refractivity contribution in [2.75, 3.05) is 26.1 Å². The smallest absolute Gasteiger partial charge is 0.345 e. The van der Waals surface area contributed by atoms with Crippen molar-refractivity contribution < 1.29 is 28.7 Å². The lowest BCUT2D eigenvalue weighted by Gasteiger charge is -2.11. The number of hydrogen-bond donors (Lipinski definition) is 1. The highest BCUT2D eigenvalue weighted by Gasteiger charge is 2.26. The van der Waals surface area contributed by atoms with Crippen molar-refractivity contribution >= 4 is 23.3 Å². The fourth-order valence-electron chi connectivity index (χ4n) is 2.41. The Kier molecular flexibility index (Phi) is 6.54. The van der Waals surface area contributed by atoms with Gasteiger partial charge >= 0.3 is 5.97 Å². The van der Waals surface area contributed by atoms with Gasteiger partial charge in [-0.05, 0) is 37.1 Å². The van der Waals surface area contributed by atoms with E-state index in [0.29, 0.717) is 5.69 Å². The van der Waals surface area contributed by atoms with E-state index in [1.54, 1.807) is 12.1 Å². The highest BCUT2D eigenvalue weighted by atomic mass is 16.6. The zero-order valence-corrected chi connectivity index (χ0v) is 15.9. The first kappa shape index (κ1) is 20.7. The van der Waals surface area contributed by atoms with E-state index in [1.807, 2.05) is 19.9 Å². The molecule has 1 amide bonds. The summed E-state index contributed by atoms with van der Waals surface area (Å²) in [4.78, 5) is 34.8. The Bertz CT molecular complexity index is 925. The van der Waals surface area contributed by atoms with Gasteiger partial charge in [-0.1, -0.05) is 6.07 Å². The van der Waals surface area contributed by atoms with Crippen molar-refractivity contribution in [2.45, 2.75) is 13.8 Å². The van der Waals surface area contributed by atoms with Gasteiger partial charge in [0.1, 0.15) is 5.56 Å². The average Bonchev–Trinajstić information content (AvgIpc) is 2.67. The van der Waals surface area contributed by atoms with Gasteiger partial charge in [0.2, 0.25) is 0 Å². The molecule has 0 atom stereocenters. The molecule has 0 saturated carbocycles. The topological polar surface area (TPSA) is 117 Å². The highest BCUT2D eigenvalue weighted by Crippen LogP contribution is 2.34. The number of benzene rings is 2. The molecule has 0 heterocycles. The second kappa shape index (κ2) is 8.85. The molecule has 0 aliphatic carbocycles. The molecular formula is C19H20N2O7. The molecular weight excluding hydrogens is 368 g/mol. The molecule has 0 saturated heterocycles. The van der Waals surface area contributed by atoms with Crippen molar-refractivity contribution in [1.29, 1.82) is 0 Å². The van der Waals surface area contributed by atoms with Gasteiger partial charge in [-0.2, -0.15) is 0 Å². The molecule has 0 aromatic heterocycles. The molecule has 0 unspecified atom stereocenters. The summed E-state index contributed by atoms with van der Waals surface area (Å²) in [5.74, 6) is -1.37. The van der Waals surface area contributed by atoms with Gasteiger partial charge in [0.05, 0.1) is 25.2 Å². The Morgan fingerprint density at radius 2 is 1.68 bits per heavy atom. The van der Waals surface area contributed by atoms with Gasteiger partial charge in [0.15, 0.2) is 18.1 Å². The molecule has 2 aromatic rings. The third-order valence-corrected chi connectivity index (χ3v) is 4.04. The van der Waals surface area contributed by atoms with Crippen LogP contribution >= 0.6 is 0 Å². The number of rotatable bonds is 7. The molecule has 0 spiro atoms. The molecule has 0 aliphatic rings. The van der Waals surface area contributed by atoms with E-state index in [2.05, 4.69) is 5.32 Å². The Labute approximate surface area is 161 Å². The lowest BCUT2D eigenvalue weighted by molar-refractivity contribution is -0.385. The molecule has 28 heavy (non-hydrogen) atoms. The lowest BCUT2D eigenvalue weighted by atomic mass is 10.1. The molecule has 1 N–H and O–H groups in total. The van der Waals surface area contributed by atoms with E-state index in [0.717, 1.165) is 23.3 Å². The maximum atomic E-state index is 12.3. The predicted octanol–water partition coefficient (Wildman–Crippen LogP) is 3.02. The monoisotopic (exact) mass is 388 g/mol. The number of carbonyl (C=O) groups is 2. The Morgan fingerprint density at radius 1 is 1.04 bits per heavy atom. The van der Waals surface area contributed by atoms with Gasteiger partial charge in [-0.3, -0.25) is 14.9 Å².